The molecule has 5 aromatic rings. The van der Waals surface area contributed by atoms with E-state index in [1.165, 1.54) is 14.2 Å². The van der Waals surface area contributed by atoms with Crippen LogP contribution in [0.2, 0.25) is 0 Å². The van der Waals surface area contributed by atoms with Crippen LogP contribution in [-0.2, 0) is 30.4 Å². The first-order valence-corrected chi connectivity index (χ1v) is 21.1. The van der Waals surface area contributed by atoms with Gasteiger partial charge in [0.05, 0.1) is 55.3 Å². The van der Waals surface area contributed by atoms with Crippen molar-refractivity contribution in [3.8, 4) is 28.1 Å². The van der Waals surface area contributed by atoms with Gasteiger partial charge < -0.3 is 49.3 Å². The van der Waals surface area contributed by atoms with Gasteiger partial charge in [-0.2, -0.15) is 0 Å². The van der Waals surface area contributed by atoms with Crippen LogP contribution in [0, 0.1) is 11.8 Å². The summed E-state index contributed by atoms with van der Waals surface area (Å²) >= 11 is 0. The lowest BCUT2D eigenvalue weighted by molar-refractivity contribution is -0.136. The number of methoxy groups -OCH3 is 2. The lowest BCUT2D eigenvalue weighted by atomic mass is 9.92. The number of carbonyl (C=O) groups is 4. The van der Waals surface area contributed by atoms with Gasteiger partial charge in [0.25, 0.3) is 0 Å². The average Bonchev–Trinajstić information content (AvgIpc) is 4.09. The maximum Gasteiger partial charge on any atom is 0.407 e. The highest BCUT2D eigenvalue weighted by molar-refractivity contribution is 6.07. The maximum atomic E-state index is 14.0. The molecule has 16 nitrogen and oxygen atoms in total. The van der Waals surface area contributed by atoms with E-state index >= 15 is 0 Å². The smallest absolute Gasteiger partial charge is 0.407 e. The normalized spacial score (nSPS) is 19.5. The van der Waals surface area contributed by atoms with Crippen LogP contribution in [0.4, 0.5) is 9.59 Å². The van der Waals surface area contributed by atoms with Crippen LogP contribution in [-0.4, -0.2) is 106 Å². The number of aromatic nitrogens is 4. The molecular weight excluding hydrogens is 781 g/mol. The number of H-pyrrole nitrogens is 2. The molecule has 5 heterocycles. The van der Waals surface area contributed by atoms with Crippen LogP contribution >= 0.6 is 0 Å². The molecule has 4 N–H and O–H groups in total. The predicted molar refractivity (Wildman–Crippen MR) is 227 cm³/mol. The Hall–Kier alpha value is -6.16. The lowest BCUT2D eigenvalue weighted by Crippen LogP contribution is -2.51. The predicted octanol–water partition coefficient (Wildman–Crippen LogP) is 6.77. The standard InChI is InChI=1S/C45H54N8O8/c1-8-60-28-18-35(53(21-28)43(55)38(24(4)5)51-45(57)59-7)41-47-32-14-12-25-17-31-29-13-11-26(16-27(29)22-61-36(31)19-30(25)39(32)49-41)33-20-46-40(48-33)34-10-9-15-52(34)42(54)37(23(2)3)50-44(56)58-6/h11-14,16-17,19-20,23-24,28,34-35,37-38H,8-10,15,18,21-22H2,1-7H3,(H,46,48)(H,47,49)(H,50,56)(H,51,57)/t28-,34-,35-,37?,38?/m0/s1. The Morgan fingerprint density at radius 1 is 0.869 bits per heavy atom. The van der Waals surface area contributed by atoms with Crippen molar-refractivity contribution in [2.45, 2.75) is 90.8 Å². The third-order valence-corrected chi connectivity index (χ3v) is 12.2. The van der Waals surface area contributed by atoms with E-state index in [1.54, 1.807) is 16.0 Å². The largest absolute Gasteiger partial charge is 0.488 e. The second-order valence-electron chi connectivity index (χ2n) is 16.7. The van der Waals surface area contributed by atoms with E-state index in [1.807, 2.05) is 40.7 Å². The molecule has 0 radical (unpaired) electrons. The monoisotopic (exact) mass is 834 g/mol. The van der Waals surface area contributed by atoms with E-state index in [9.17, 15) is 19.2 Å². The van der Waals surface area contributed by atoms with Gasteiger partial charge in [0.15, 0.2) is 0 Å². The summed E-state index contributed by atoms with van der Waals surface area (Å²) in [5.41, 5.74) is 6.49. The first kappa shape index (κ1) is 41.6. The number of aromatic amines is 2. The highest BCUT2D eigenvalue weighted by Crippen LogP contribution is 2.43. The lowest BCUT2D eigenvalue weighted by Gasteiger charge is -2.30. The number of rotatable bonds is 11. The quantitative estimate of drug-likeness (QED) is 0.110. The Balaban J connectivity index is 1.05. The molecule has 322 valence electrons. The highest BCUT2D eigenvalue weighted by Gasteiger charge is 2.42. The van der Waals surface area contributed by atoms with Crippen molar-refractivity contribution in [2.24, 2.45) is 11.8 Å². The summed E-state index contributed by atoms with van der Waals surface area (Å²) in [7, 11) is 2.57. The number of amides is 4. The van der Waals surface area contributed by atoms with Crippen molar-refractivity contribution < 1.29 is 38.1 Å². The molecule has 0 saturated carbocycles. The number of imidazole rings is 2. The van der Waals surface area contributed by atoms with Gasteiger partial charge >= 0.3 is 12.2 Å². The minimum Gasteiger partial charge on any atom is -0.488 e. The molecule has 2 saturated heterocycles. The minimum atomic E-state index is -0.776. The number of fused-ring (bicyclic) bond motifs is 6. The number of nitrogens with zero attached hydrogens (tertiary/aromatic N) is 4. The summed E-state index contributed by atoms with van der Waals surface area (Å²) < 4.78 is 22.0. The highest BCUT2D eigenvalue weighted by atomic mass is 16.5. The van der Waals surface area contributed by atoms with Crippen molar-refractivity contribution in [3.63, 3.8) is 0 Å². The summed E-state index contributed by atoms with van der Waals surface area (Å²) in [6.07, 6.45) is 2.49. The number of hydrogen-bond acceptors (Lipinski definition) is 10. The van der Waals surface area contributed by atoms with E-state index in [-0.39, 0.29) is 41.8 Å². The number of alkyl carbamates (subject to hydrolysis) is 2. The zero-order valence-electron chi connectivity index (χ0n) is 35.7. The molecule has 0 bridgehead atoms. The molecule has 3 aliphatic rings. The van der Waals surface area contributed by atoms with Gasteiger partial charge in [-0.3, -0.25) is 9.59 Å². The van der Waals surface area contributed by atoms with E-state index < -0.39 is 24.3 Å². The van der Waals surface area contributed by atoms with Gasteiger partial charge in [0, 0.05) is 37.1 Å². The van der Waals surface area contributed by atoms with Gasteiger partial charge in [-0.25, -0.2) is 19.6 Å². The first-order chi connectivity index (χ1) is 29.4. The Bertz CT molecular complexity index is 2480. The van der Waals surface area contributed by atoms with Crippen LogP contribution in [0.1, 0.15) is 83.2 Å². The second kappa shape index (κ2) is 17.1. The van der Waals surface area contributed by atoms with Crippen LogP contribution in [0.25, 0.3) is 44.2 Å². The van der Waals surface area contributed by atoms with Gasteiger partial charge in [-0.05, 0) is 77.9 Å². The summed E-state index contributed by atoms with van der Waals surface area (Å²) in [5.74, 6) is 1.46. The number of benzene rings is 3. The molecule has 2 unspecified atom stereocenters. The Morgan fingerprint density at radius 2 is 1.59 bits per heavy atom. The fourth-order valence-electron chi connectivity index (χ4n) is 9.02. The van der Waals surface area contributed by atoms with Gasteiger partial charge in [-0.15, -0.1) is 0 Å². The molecule has 8 rings (SSSR count). The van der Waals surface area contributed by atoms with Crippen LogP contribution in [0.3, 0.4) is 0 Å². The second-order valence-corrected chi connectivity index (χ2v) is 16.7. The topological polar surface area (TPSA) is 193 Å². The van der Waals surface area contributed by atoms with E-state index in [2.05, 4.69) is 57.0 Å². The summed E-state index contributed by atoms with van der Waals surface area (Å²) in [6.45, 7) is 11.4. The number of hydrogen-bond donors (Lipinski definition) is 4. The average molecular weight is 835 g/mol. The van der Waals surface area contributed by atoms with Crippen LogP contribution in [0.15, 0.2) is 48.7 Å². The van der Waals surface area contributed by atoms with Gasteiger partial charge in [0.2, 0.25) is 11.8 Å². The number of nitrogens with one attached hydrogen (secondary N) is 4. The van der Waals surface area contributed by atoms with Crippen LogP contribution < -0.4 is 15.4 Å². The fraction of sp³-hybridized carbons (Fsp3) is 0.467. The van der Waals surface area contributed by atoms with Crippen molar-refractivity contribution in [1.82, 2.24) is 40.4 Å². The van der Waals surface area contributed by atoms with E-state index in [4.69, 9.17) is 28.9 Å². The molecule has 0 aliphatic carbocycles. The first-order valence-electron chi connectivity index (χ1n) is 21.1. The van der Waals surface area contributed by atoms with Crippen molar-refractivity contribution in [1.29, 1.82) is 0 Å². The zero-order valence-corrected chi connectivity index (χ0v) is 35.7. The molecule has 0 spiro atoms. The molecule has 3 aromatic carbocycles. The zero-order chi connectivity index (χ0) is 43.1. The molecular formula is C45H54N8O8. The molecule has 4 amide bonds. The molecule has 61 heavy (non-hydrogen) atoms. The molecule has 16 heteroatoms. The van der Waals surface area contributed by atoms with E-state index in [0.29, 0.717) is 44.4 Å². The maximum absolute atomic E-state index is 14.0. The summed E-state index contributed by atoms with van der Waals surface area (Å²) in [6, 6.07) is 12.4. The van der Waals surface area contributed by atoms with Gasteiger partial charge in [0.1, 0.15) is 36.1 Å². The number of ether oxygens (including phenoxy) is 4. The van der Waals surface area contributed by atoms with E-state index in [0.717, 1.165) is 68.3 Å². The Labute approximate surface area is 354 Å². The third kappa shape index (κ3) is 7.96. The summed E-state index contributed by atoms with van der Waals surface area (Å²) in [4.78, 5) is 72.3. The summed E-state index contributed by atoms with van der Waals surface area (Å²) in [5, 5.41) is 7.38. The van der Waals surface area contributed by atoms with Crippen LogP contribution in [0.5, 0.6) is 5.75 Å². The number of likely N-dealkylation sites (tertiary alicyclic amines) is 2. The minimum absolute atomic E-state index is 0.121. The molecule has 2 aromatic heterocycles. The van der Waals surface area contributed by atoms with Crippen molar-refractivity contribution in [3.05, 3.63) is 65.9 Å². The molecule has 5 atom stereocenters. The Kier molecular flexibility index (Phi) is 11.6. The van der Waals surface area contributed by atoms with Gasteiger partial charge in [-0.1, -0.05) is 45.9 Å². The molecule has 3 aliphatic heterocycles. The molecule has 2 fully saturated rings. The van der Waals surface area contributed by atoms with Crippen molar-refractivity contribution >= 4 is 45.8 Å². The third-order valence-electron chi connectivity index (χ3n) is 12.2. The SMILES string of the molecule is CCO[C@H]1C[C@@H](c2nc3ccc4cc5c(cc4c3[nH]2)OCc2cc(-c3cnc([C@@H]4CCCN4C(=O)C(NC(=O)OC)C(C)C)[nH]3)ccc2-5)N(C(=O)C(NC(=O)OC)C(C)C)C1. The number of carbonyl (C=O) groups excluding carboxylic acids is 4. The Morgan fingerprint density at radius 3 is 2.28 bits per heavy atom. The van der Waals surface area contributed by atoms with Crippen molar-refractivity contribution in [2.75, 3.05) is 33.9 Å². The fourth-order valence-corrected chi connectivity index (χ4v) is 9.02.